The van der Waals surface area contributed by atoms with E-state index in [9.17, 15) is 8.42 Å². The largest absolute Gasteiger partial charge is 0.313 e. The van der Waals surface area contributed by atoms with Gasteiger partial charge >= 0.3 is 0 Å². The zero-order chi connectivity index (χ0) is 10.2. The number of primary sulfonamides is 1. The van der Waals surface area contributed by atoms with Crippen LogP contribution in [0.3, 0.4) is 0 Å². The van der Waals surface area contributed by atoms with Crippen LogP contribution >= 0.6 is 0 Å². The monoisotopic (exact) mass is 218 g/mol. The zero-order valence-corrected chi connectivity index (χ0v) is 9.09. The maximum atomic E-state index is 11.1. The highest BCUT2D eigenvalue weighted by Gasteiger charge is 2.31. The lowest BCUT2D eigenvalue weighted by molar-refractivity contribution is 0.368. The Kier molecular flexibility index (Phi) is 2.81. The van der Waals surface area contributed by atoms with Crippen LogP contribution in [-0.4, -0.2) is 26.3 Å². The Bertz CT molecular complexity index is 290. The van der Waals surface area contributed by atoms with Gasteiger partial charge in [0, 0.05) is 12.6 Å². The molecule has 14 heavy (non-hydrogen) atoms. The second-order valence-corrected chi connectivity index (χ2v) is 6.42. The van der Waals surface area contributed by atoms with Gasteiger partial charge in [0.05, 0.1) is 5.25 Å². The summed E-state index contributed by atoms with van der Waals surface area (Å²) in [7, 11) is -3.32. The molecule has 3 N–H and O–H groups in total. The predicted molar refractivity (Wildman–Crippen MR) is 55.3 cm³/mol. The van der Waals surface area contributed by atoms with Crippen molar-refractivity contribution < 1.29 is 8.42 Å². The molecule has 1 heterocycles. The number of piperidine rings is 1. The highest BCUT2D eigenvalue weighted by atomic mass is 32.2. The van der Waals surface area contributed by atoms with Crippen LogP contribution < -0.4 is 10.5 Å². The first-order valence-corrected chi connectivity index (χ1v) is 6.91. The molecule has 2 atom stereocenters. The van der Waals surface area contributed by atoms with Crippen molar-refractivity contribution in [3.8, 4) is 0 Å². The lowest BCUT2D eigenvalue weighted by Gasteiger charge is -2.28. The Morgan fingerprint density at radius 1 is 1.21 bits per heavy atom. The summed E-state index contributed by atoms with van der Waals surface area (Å²) in [6, 6.07) is 0.528. The van der Waals surface area contributed by atoms with Gasteiger partial charge in [-0.1, -0.05) is 12.8 Å². The summed E-state index contributed by atoms with van der Waals surface area (Å²) in [5, 5.41) is 8.03. The van der Waals surface area contributed by atoms with E-state index >= 15 is 0 Å². The molecule has 0 aromatic rings. The molecule has 1 aliphatic carbocycles. The molecule has 0 aromatic carbocycles. The van der Waals surface area contributed by atoms with Crippen molar-refractivity contribution >= 4 is 10.0 Å². The van der Waals surface area contributed by atoms with Crippen LogP contribution in [0.15, 0.2) is 0 Å². The third kappa shape index (κ3) is 2.68. The molecule has 1 aliphatic heterocycles. The van der Waals surface area contributed by atoms with Gasteiger partial charge in [-0.3, -0.25) is 0 Å². The number of hydrogen-bond donors (Lipinski definition) is 2. The van der Waals surface area contributed by atoms with Gasteiger partial charge in [0.15, 0.2) is 0 Å². The van der Waals surface area contributed by atoms with E-state index in [2.05, 4.69) is 5.32 Å². The first-order chi connectivity index (χ1) is 6.55. The molecular formula is C9H18N2O2S. The van der Waals surface area contributed by atoms with E-state index in [0.29, 0.717) is 12.6 Å². The van der Waals surface area contributed by atoms with Crippen LogP contribution in [0, 0.1) is 5.92 Å². The van der Waals surface area contributed by atoms with Crippen molar-refractivity contribution in [2.75, 3.05) is 6.54 Å². The first kappa shape index (κ1) is 10.4. The number of nitrogens with two attached hydrogens (primary N) is 1. The third-order valence-corrected chi connectivity index (χ3v) is 4.58. The SMILES string of the molecule is NS(=O)(=O)C1CCC(CC2CC2)NC1. The summed E-state index contributed by atoms with van der Waals surface area (Å²) in [6.45, 7) is 0.538. The van der Waals surface area contributed by atoms with Gasteiger partial charge in [-0.25, -0.2) is 13.6 Å². The summed E-state index contributed by atoms with van der Waals surface area (Å²) < 4.78 is 22.1. The van der Waals surface area contributed by atoms with E-state index in [4.69, 9.17) is 5.14 Å². The topological polar surface area (TPSA) is 72.2 Å². The predicted octanol–water partition coefficient (Wildman–Crippen LogP) is 0.196. The second kappa shape index (κ2) is 3.79. The molecular weight excluding hydrogens is 200 g/mol. The molecule has 5 heteroatoms. The van der Waals surface area contributed by atoms with Crippen molar-refractivity contribution in [3.63, 3.8) is 0 Å². The smallest absolute Gasteiger partial charge is 0.213 e. The molecule has 2 fully saturated rings. The van der Waals surface area contributed by atoms with Gasteiger partial charge < -0.3 is 5.32 Å². The summed E-state index contributed by atoms with van der Waals surface area (Å²) in [5.41, 5.74) is 0. The van der Waals surface area contributed by atoms with E-state index in [1.165, 1.54) is 19.3 Å². The standard InChI is InChI=1S/C9H18N2O2S/c10-14(12,13)9-4-3-8(11-6-9)5-7-1-2-7/h7-9,11H,1-6H2,(H2,10,12,13). The molecule has 0 radical (unpaired) electrons. The molecule has 2 rings (SSSR count). The van der Waals surface area contributed by atoms with Crippen molar-refractivity contribution in [3.05, 3.63) is 0 Å². The fourth-order valence-corrected chi connectivity index (χ4v) is 2.92. The third-order valence-electron chi connectivity index (χ3n) is 3.25. The first-order valence-electron chi connectivity index (χ1n) is 5.30. The fraction of sp³-hybridized carbons (Fsp3) is 1.00. The number of nitrogens with one attached hydrogen (secondary N) is 1. The van der Waals surface area contributed by atoms with Crippen molar-refractivity contribution in [2.45, 2.75) is 43.4 Å². The zero-order valence-electron chi connectivity index (χ0n) is 8.28. The fourth-order valence-electron chi connectivity index (χ4n) is 2.13. The lowest BCUT2D eigenvalue weighted by atomic mass is 10.00. The van der Waals surface area contributed by atoms with Crippen LogP contribution in [0.25, 0.3) is 0 Å². The molecule has 0 bridgehead atoms. The molecule has 0 amide bonds. The van der Waals surface area contributed by atoms with Crippen molar-refractivity contribution in [1.82, 2.24) is 5.32 Å². The van der Waals surface area contributed by atoms with E-state index in [1.54, 1.807) is 0 Å². The summed E-state index contributed by atoms with van der Waals surface area (Å²) >= 11 is 0. The molecule has 0 aromatic heterocycles. The average Bonchev–Trinajstić information content (AvgIpc) is 2.88. The number of sulfonamides is 1. The Morgan fingerprint density at radius 2 is 1.93 bits per heavy atom. The minimum absolute atomic E-state index is 0.363. The highest BCUT2D eigenvalue weighted by Crippen LogP contribution is 2.35. The van der Waals surface area contributed by atoms with Gasteiger partial charge in [-0.05, 0) is 25.2 Å². The minimum atomic E-state index is -3.32. The van der Waals surface area contributed by atoms with Gasteiger partial charge in [0.25, 0.3) is 0 Å². The van der Waals surface area contributed by atoms with E-state index in [1.807, 2.05) is 0 Å². The van der Waals surface area contributed by atoms with Crippen molar-refractivity contribution in [1.29, 1.82) is 0 Å². The second-order valence-electron chi connectivity index (χ2n) is 4.57. The summed E-state index contributed by atoms with van der Waals surface area (Å²) in [5.74, 6) is 0.901. The van der Waals surface area contributed by atoms with Gasteiger partial charge in [-0.2, -0.15) is 0 Å². The van der Waals surface area contributed by atoms with Crippen LogP contribution in [-0.2, 0) is 10.0 Å². The molecule has 82 valence electrons. The average molecular weight is 218 g/mol. The quantitative estimate of drug-likeness (QED) is 0.710. The molecule has 0 spiro atoms. The molecule has 1 saturated heterocycles. The van der Waals surface area contributed by atoms with Gasteiger partial charge in [-0.15, -0.1) is 0 Å². The van der Waals surface area contributed by atoms with Gasteiger partial charge in [0.1, 0.15) is 0 Å². The maximum Gasteiger partial charge on any atom is 0.213 e. The molecule has 2 aliphatic rings. The normalized spacial score (nSPS) is 34.4. The molecule has 1 saturated carbocycles. The minimum Gasteiger partial charge on any atom is -0.313 e. The highest BCUT2D eigenvalue weighted by molar-refractivity contribution is 7.89. The molecule has 4 nitrogen and oxygen atoms in total. The van der Waals surface area contributed by atoms with E-state index < -0.39 is 10.0 Å². The Labute approximate surface area is 85.3 Å². The van der Waals surface area contributed by atoms with Crippen LogP contribution in [0.1, 0.15) is 32.1 Å². The maximum absolute atomic E-state index is 11.1. The van der Waals surface area contributed by atoms with Gasteiger partial charge in [0.2, 0.25) is 10.0 Å². The van der Waals surface area contributed by atoms with E-state index in [-0.39, 0.29) is 5.25 Å². The van der Waals surface area contributed by atoms with Crippen LogP contribution in [0.4, 0.5) is 0 Å². The van der Waals surface area contributed by atoms with E-state index in [0.717, 1.165) is 18.8 Å². The van der Waals surface area contributed by atoms with Crippen LogP contribution in [0.2, 0.25) is 0 Å². The number of rotatable bonds is 3. The summed E-state index contributed by atoms with van der Waals surface area (Å²) in [4.78, 5) is 0. The Hall–Kier alpha value is -0.130. The lowest BCUT2D eigenvalue weighted by Crippen LogP contribution is -2.46. The summed E-state index contributed by atoms with van der Waals surface area (Å²) in [6.07, 6.45) is 5.62. The number of hydrogen-bond acceptors (Lipinski definition) is 3. The Balaban J connectivity index is 1.79. The van der Waals surface area contributed by atoms with Crippen molar-refractivity contribution in [2.24, 2.45) is 11.1 Å². The van der Waals surface area contributed by atoms with Crippen LogP contribution in [0.5, 0.6) is 0 Å². The Morgan fingerprint density at radius 3 is 2.36 bits per heavy atom. The molecule has 2 unspecified atom stereocenters.